The quantitative estimate of drug-likeness (QED) is 0.514. The van der Waals surface area contributed by atoms with Crippen LogP contribution in [-0.2, 0) is 26.7 Å². The van der Waals surface area contributed by atoms with Gasteiger partial charge in [-0.25, -0.2) is 8.42 Å². The molecular formula is C27H34N2O3S. The van der Waals surface area contributed by atoms with Crippen LogP contribution in [-0.4, -0.2) is 33.7 Å². The molecule has 1 N–H and O–H groups in total. The third-order valence-electron chi connectivity index (χ3n) is 5.80. The summed E-state index contributed by atoms with van der Waals surface area (Å²) in [5.74, 6) is -0.109. The predicted octanol–water partition coefficient (Wildman–Crippen LogP) is 4.90. The Balaban J connectivity index is 1.63. The molecule has 0 aliphatic carbocycles. The van der Waals surface area contributed by atoms with Crippen LogP contribution in [0.1, 0.15) is 38.8 Å². The number of rotatable bonds is 8. The Bertz CT molecular complexity index is 1210. The number of nitrogens with zero attached hydrogens (tertiary/aromatic N) is 1. The topological polar surface area (TPSA) is 66.5 Å². The minimum Gasteiger partial charge on any atom is -0.354 e. The summed E-state index contributed by atoms with van der Waals surface area (Å²) in [6.45, 7) is 8.62. The summed E-state index contributed by atoms with van der Waals surface area (Å²) in [6, 6.07) is 21.9. The van der Waals surface area contributed by atoms with Crippen LogP contribution in [0, 0.1) is 5.92 Å². The zero-order chi connectivity index (χ0) is 24.2. The van der Waals surface area contributed by atoms with Crippen molar-refractivity contribution in [2.45, 2.75) is 39.5 Å². The van der Waals surface area contributed by atoms with Gasteiger partial charge in [0, 0.05) is 6.54 Å². The molecule has 0 saturated carbocycles. The van der Waals surface area contributed by atoms with Gasteiger partial charge in [0.15, 0.2) is 0 Å². The van der Waals surface area contributed by atoms with Crippen LogP contribution in [0.15, 0.2) is 66.7 Å². The molecule has 176 valence electrons. The lowest BCUT2D eigenvalue weighted by Crippen LogP contribution is -2.41. The largest absolute Gasteiger partial charge is 0.354 e. The molecule has 33 heavy (non-hydrogen) atoms. The Kier molecular flexibility index (Phi) is 7.48. The first-order chi connectivity index (χ1) is 15.4. The number of benzene rings is 3. The molecule has 6 heteroatoms. The Morgan fingerprint density at radius 3 is 2.24 bits per heavy atom. The molecule has 0 aliphatic heterocycles. The lowest BCUT2D eigenvalue weighted by atomic mass is 9.87. The van der Waals surface area contributed by atoms with Gasteiger partial charge < -0.3 is 5.32 Å². The number of hydrogen-bond acceptors (Lipinski definition) is 3. The van der Waals surface area contributed by atoms with Crippen LogP contribution < -0.4 is 9.62 Å². The minimum absolute atomic E-state index is 0.0357. The molecule has 5 nitrogen and oxygen atoms in total. The summed E-state index contributed by atoms with van der Waals surface area (Å²) in [4.78, 5) is 12.7. The van der Waals surface area contributed by atoms with E-state index in [-0.39, 0.29) is 23.8 Å². The molecule has 0 fully saturated rings. The molecule has 3 aromatic carbocycles. The summed E-state index contributed by atoms with van der Waals surface area (Å²) in [7, 11) is -3.60. The van der Waals surface area contributed by atoms with Crippen LogP contribution in [0.4, 0.5) is 5.69 Å². The zero-order valence-corrected chi connectivity index (χ0v) is 20.9. The fraction of sp³-hybridized carbons (Fsp3) is 0.370. The average molecular weight is 467 g/mol. The molecule has 1 unspecified atom stereocenters. The van der Waals surface area contributed by atoms with E-state index < -0.39 is 10.0 Å². The number of nitrogens with one attached hydrogen (secondary N) is 1. The maximum atomic E-state index is 12.7. The smallest absolute Gasteiger partial charge is 0.240 e. The molecule has 0 bridgehead atoms. The first-order valence-corrected chi connectivity index (χ1v) is 13.1. The predicted molar refractivity (Wildman–Crippen MR) is 137 cm³/mol. The number of carbonyl (C=O) groups is 1. The van der Waals surface area contributed by atoms with E-state index in [9.17, 15) is 13.2 Å². The van der Waals surface area contributed by atoms with Crippen molar-refractivity contribution in [3.05, 3.63) is 77.9 Å². The second kappa shape index (κ2) is 9.96. The molecular weight excluding hydrogens is 432 g/mol. The molecule has 0 heterocycles. The monoisotopic (exact) mass is 466 g/mol. The molecule has 0 aliphatic rings. The van der Waals surface area contributed by atoms with E-state index in [0.29, 0.717) is 12.2 Å². The number of fused-ring (bicyclic) bond motifs is 1. The SMILES string of the molecule is CC(CNC(=O)CN(c1ccc(C(C)(C)C)cc1)S(C)(=O)=O)Cc1cccc2ccccc12. The van der Waals surface area contributed by atoms with Gasteiger partial charge in [0.25, 0.3) is 0 Å². The van der Waals surface area contributed by atoms with Crippen molar-refractivity contribution < 1.29 is 13.2 Å². The van der Waals surface area contributed by atoms with Crippen molar-refractivity contribution >= 4 is 32.4 Å². The van der Waals surface area contributed by atoms with Crippen LogP contribution in [0.3, 0.4) is 0 Å². The highest BCUT2D eigenvalue weighted by atomic mass is 32.2. The Labute approximate surface area is 197 Å². The highest BCUT2D eigenvalue weighted by molar-refractivity contribution is 7.92. The molecule has 1 atom stereocenters. The zero-order valence-electron chi connectivity index (χ0n) is 20.1. The van der Waals surface area contributed by atoms with E-state index in [0.717, 1.165) is 22.5 Å². The van der Waals surface area contributed by atoms with E-state index in [1.165, 1.54) is 16.3 Å². The van der Waals surface area contributed by atoms with Gasteiger partial charge in [0.2, 0.25) is 15.9 Å². The fourth-order valence-electron chi connectivity index (χ4n) is 3.92. The van der Waals surface area contributed by atoms with Gasteiger partial charge >= 0.3 is 0 Å². The van der Waals surface area contributed by atoms with Crippen molar-refractivity contribution in [2.75, 3.05) is 23.7 Å². The number of anilines is 1. The third-order valence-corrected chi connectivity index (χ3v) is 6.95. The lowest BCUT2D eigenvalue weighted by molar-refractivity contribution is -0.119. The number of hydrogen-bond donors (Lipinski definition) is 1. The molecule has 1 amide bonds. The Morgan fingerprint density at radius 2 is 1.61 bits per heavy atom. The first kappa shape index (κ1) is 24.8. The molecule has 0 spiro atoms. The van der Waals surface area contributed by atoms with Crippen molar-refractivity contribution in [1.29, 1.82) is 0 Å². The van der Waals surface area contributed by atoms with Gasteiger partial charge in [-0.2, -0.15) is 0 Å². The third kappa shape index (κ3) is 6.57. The lowest BCUT2D eigenvalue weighted by Gasteiger charge is -2.24. The summed E-state index contributed by atoms with van der Waals surface area (Å²) in [6.07, 6.45) is 1.95. The highest BCUT2D eigenvalue weighted by Crippen LogP contribution is 2.26. The molecule has 0 radical (unpaired) electrons. The van der Waals surface area contributed by atoms with E-state index >= 15 is 0 Å². The Morgan fingerprint density at radius 1 is 0.970 bits per heavy atom. The van der Waals surface area contributed by atoms with E-state index in [1.807, 2.05) is 24.3 Å². The van der Waals surface area contributed by atoms with Gasteiger partial charge in [-0.3, -0.25) is 9.10 Å². The van der Waals surface area contributed by atoms with E-state index in [4.69, 9.17) is 0 Å². The first-order valence-electron chi connectivity index (χ1n) is 11.3. The number of sulfonamides is 1. The van der Waals surface area contributed by atoms with Gasteiger partial charge in [-0.15, -0.1) is 0 Å². The minimum atomic E-state index is -3.60. The molecule has 3 aromatic rings. The highest BCUT2D eigenvalue weighted by Gasteiger charge is 2.22. The maximum absolute atomic E-state index is 12.7. The molecule has 3 rings (SSSR count). The van der Waals surface area contributed by atoms with Crippen molar-refractivity contribution in [2.24, 2.45) is 5.92 Å². The van der Waals surface area contributed by atoms with Gasteiger partial charge in [0.1, 0.15) is 6.54 Å². The second-order valence-electron chi connectivity index (χ2n) is 9.82. The van der Waals surface area contributed by atoms with Crippen LogP contribution >= 0.6 is 0 Å². The maximum Gasteiger partial charge on any atom is 0.240 e. The van der Waals surface area contributed by atoms with Gasteiger partial charge in [-0.05, 0) is 51.8 Å². The van der Waals surface area contributed by atoms with Gasteiger partial charge in [0.05, 0.1) is 11.9 Å². The van der Waals surface area contributed by atoms with Crippen molar-refractivity contribution in [3.8, 4) is 0 Å². The summed E-state index contributed by atoms with van der Waals surface area (Å²) in [5.41, 5.74) is 2.80. The average Bonchev–Trinajstić information content (AvgIpc) is 2.75. The van der Waals surface area contributed by atoms with E-state index in [1.54, 1.807) is 12.1 Å². The standard InChI is InChI=1S/C27H34N2O3S/c1-20(17-22-11-8-10-21-9-6-7-12-25(21)22)18-28-26(30)19-29(33(5,31)32)24-15-13-23(14-16-24)27(2,3)4/h6-16,20H,17-19H2,1-5H3,(H,28,30). The Hall–Kier alpha value is -2.86. The normalized spacial score (nSPS) is 13.0. The number of carbonyl (C=O) groups excluding carboxylic acids is 1. The second-order valence-corrected chi connectivity index (χ2v) is 11.7. The summed E-state index contributed by atoms with van der Waals surface area (Å²) < 4.78 is 26.0. The summed E-state index contributed by atoms with van der Waals surface area (Å²) in [5, 5.41) is 5.34. The van der Waals surface area contributed by atoms with Crippen LogP contribution in [0.2, 0.25) is 0 Å². The van der Waals surface area contributed by atoms with Crippen LogP contribution in [0.5, 0.6) is 0 Å². The summed E-state index contributed by atoms with van der Waals surface area (Å²) >= 11 is 0. The molecule has 0 aromatic heterocycles. The molecule has 0 saturated heterocycles. The van der Waals surface area contributed by atoms with E-state index in [2.05, 4.69) is 63.3 Å². The van der Waals surface area contributed by atoms with Crippen LogP contribution in [0.25, 0.3) is 10.8 Å². The fourth-order valence-corrected chi connectivity index (χ4v) is 4.78. The number of amides is 1. The van der Waals surface area contributed by atoms with Gasteiger partial charge in [-0.1, -0.05) is 82.3 Å². The van der Waals surface area contributed by atoms with Crippen molar-refractivity contribution in [1.82, 2.24) is 5.32 Å². The van der Waals surface area contributed by atoms with Crippen molar-refractivity contribution in [3.63, 3.8) is 0 Å².